The standard InChI is InChI=1S/C52H42N2O2/c1-3-12-31(13-4-1)34-22-24-46-41(27-34)43-29-44-42-28-35(23-25-47(42)56-52(44)48(51(43)55-46)32-14-5-2-6-15-32)33-16-11-17-36(26-33)45-30-53-49-39-20-9-7-18-37(39)38-19-8-10-21-40(38)50(49)54-45/h7-11,16-32H,1-6,12-15H2. The molecule has 4 nitrogen and oxygen atoms in total. The number of fused-ring (bicyclic) bond motifs is 12. The first-order chi connectivity index (χ1) is 27.7. The summed E-state index contributed by atoms with van der Waals surface area (Å²) >= 11 is 0. The van der Waals surface area contributed by atoms with Crippen LogP contribution in [-0.2, 0) is 0 Å². The van der Waals surface area contributed by atoms with Crippen LogP contribution in [0.1, 0.15) is 87.2 Å². The molecule has 0 radical (unpaired) electrons. The van der Waals surface area contributed by atoms with Gasteiger partial charge >= 0.3 is 0 Å². The van der Waals surface area contributed by atoms with E-state index >= 15 is 0 Å². The molecule has 0 atom stereocenters. The van der Waals surface area contributed by atoms with Crippen molar-refractivity contribution in [1.29, 1.82) is 0 Å². The summed E-state index contributed by atoms with van der Waals surface area (Å²) in [4.78, 5) is 10.3. The number of furan rings is 2. The van der Waals surface area contributed by atoms with Gasteiger partial charge in [-0.2, -0.15) is 0 Å². The molecule has 272 valence electrons. The average Bonchev–Trinajstić information content (AvgIpc) is 3.83. The molecule has 4 heteroatoms. The topological polar surface area (TPSA) is 52.1 Å². The van der Waals surface area contributed by atoms with Gasteiger partial charge < -0.3 is 8.83 Å². The highest BCUT2D eigenvalue weighted by molar-refractivity contribution is 6.23. The first-order valence-corrected chi connectivity index (χ1v) is 20.8. The zero-order chi connectivity index (χ0) is 36.7. The lowest BCUT2D eigenvalue weighted by Gasteiger charge is -2.22. The van der Waals surface area contributed by atoms with Crippen LogP contribution < -0.4 is 0 Å². The Labute approximate surface area is 325 Å². The fourth-order valence-corrected chi connectivity index (χ4v) is 10.4. The molecule has 3 aromatic heterocycles. The monoisotopic (exact) mass is 726 g/mol. The lowest BCUT2D eigenvalue weighted by Crippen LogP contribution is -2.05. The highest BCUT2D eigenvalue weighted by Gasteiger charge is 2.28. The first-order valence-electron chi connectivity index (χ1n) is 20.8. The van der Waals surface area contributed by atoms with Gasteiger partial charge in [-0.15, -0.1) is 0 Å². The molecule has 2 fully saturated rings. The van der Waals surface area contributed by atoms with E-state index in [1.165, 1.54) is 102 Å². The Morgan fingerprint density at radius 2 is 1.02 bits per heavy atom. The molecule has 7 aromatic carbocycles. The summed E-state index contributed by atoms with van der Waals surface area (Å²) in [6.45, 7) is 0. The minimum atomic E-state index is 0.434. The summed E-state index contributed by atoms with van der Waals surface area (Å²) in [5.41, 5.74) is 12.8. The van der Waals surface area contributed by atoms with Gasteiger partial charge in [0.1, 0.15) is 22.3 Å². The number of hydrogen-bond acceptors (Lipinski definition) is 4. The molecule has 3 heterocycles. The third-order valence-electron chi connectivity index (χ3n) is 13.3. The van der Waals surface area contributed by atoms with Crippen LogP contribution >= 0.6 is 0 Å². The second kappa shape index (κ2) is 12.8. The Balaban J connectivity index is 1.01. The van der Waals surface area contributed by atoms with Crippen LogP contribution in [0.5, 0.6) is 0 Å². The summed E-state index contributed by atoms with van der Waals surface area (Å²) in [6, 6.07) is 41.9. The molecular formula is C52H42N2O2. The zero-order valence-electron chi connectivity index (χ0n) is 31.5. The van der Waals surface area contributed by atoms with E-state index in [0.717, 1.165) is 71.9 Å². The normalized spacial score (nSPS) is 16.1. The van der Waals surface area contributed by atoms with Gasteiger partial charge in [-0.05, 0) is 101 Å². The highest BCUT2D eigenvalue weighted by atomic mass is 16.3. The maximum absolute atomic E-state index is 6.87. The number of hydrogen-bond donors (Lipinski definition) is 0. The van der Waals surface area contributed by atoms with Gasteiger partial charge in [-0.25, -0.2) is 4.98 Å². The van der Waals surface area contributed by atoms with Gasteiger partial charge in [-0.3, -0.25) is 4.98 Å². The molecule has 2 saturated carbocycles. The van der Waals surface area contributed by atoms with Gasteiger partial charge in [0.2, 0.25) is 0 Å². The molecule has 0 N–H and O–H groups in total. The highest BCUT2D eigenvalue weighted by Crippen LogP contribution is 2.47. The molecule has 10 aromatic rings. The van der Waals surface area contributed by atoms with Gasteiger partial charge in [0.15, 0.2) is 0 Å². The van der Waals surface area contributed by atoms with E-state index in [1.54, 1.807) is 0 Å². The van der Waals surface area contributed by atoms with Crippen molar-refractivity contribution < 1.29 is 8.83 Å². The molecule has 0 saturated heterocycles. The van der Waals surface area contributed by atoms with E-state index in [9.17, 15) is 0 Å². The lowest BCUT2D eigenvalue weighted by atomic mass is 9.82. The van der Waals surface area contributed by atoms with E-state index in [-0.39, 0.29) is 0 Å². The van der Waals surface area contributed by atoms with Crippen LogP contribution in [0, 0.1) is 0 Å². The molecular weight excluding hydrogens is 685 g/mol. The second-order valence-electron chi connectivity index (χ2n) is 16.5. The van der Waals surface area contributed by atoms with E-state index in [2.05, 4.69) is 115 Å². The van der Waals surface area contributed by atoms with Crippen LogP contribution in [-0.4, -0.2) is 9.97 Å². The molecule has 0 aliphatic heterocycles. The average molecular weight is 727 g/mol. The number of benzene rings is 7. The van der Waals surface area contributed by atoms with Crippen molar-refractivity contribution >= 4 is 76.5 Å². The molecule has 12 rings (SSSR count). The minimum absolute atomic E-state index is 0.434. The van der Waals surface area contributed by atoms with Gasteiger partial charge in [0, 0.05) is 43.4 Å². The van der Waals surface area contributed by atoms with Crippen molar-refractivity contribution in [2.24, 2.45) is 0 Å². The van der Waals surface area contributed by atoms with Crippen LogP contribution in [0.4, 0.5) is 0 Å². The van der Waals surface area contributed by atoms with E-state index in [1.807, 2.05) is 6.20 Å². The summed E-state index contributed by atoms with van der Waals surface area (Å²) in [6.07, 6.45) is 14.7. The number of nitrogens with zero attached hydrogens (tertiary/aromatic N) is 2. The van der Waals surface area contributed by atoms with Crippen molar-refractivity contribution in [3.63, 3.8) is 0 Å². The Morgan fingerprint density at radius 3 is 1.73 bits per heavy atom. The second-order valence-corrected chi connectivity index (χ2v) is 16.5. The molecule has 0 unspecified atom stereocenters. The third kappa shape index (κ3) is 5.04. The van der Waals surface area contributed by atoms with Crippen LogP contribution in [0.25, 0.3) is 98.8 Å². The summed E-state index contributed by atoms with van der Waals surface area (Å²) in [5.74, 6) is 1.08. The van der Waals surface area contributed by atoms with Gasteiger partial charge in [0.05, 0.1) is 22.9 Å². The largest absolute Gasteiger partial charge is 0.456 e. The number of aromatic nitrogens is 2. The number of rotatable bonds is 4. The Kier molecular flexibility index (Phi) is 7.36. The SMILES string of the molecule is c1cc(-c2ccc3oc4c(C5CCCCC5)c5oc6ccc(C7CCCCC7)cc6c5cc4c3c2)cc(-c2cnc3c4ccccc4c4ccccc4c3n2)c1. The molecule has 2 aliphatic rings. The summed E-state index contributed by atoms with van der Waals surface area (Å²) in [7, 11) is 0. The van der Waals surface area contributed by atoms with Crippen LogP contribution in [0.15, 0.2) is 130 Å². The zero-order valence-corrected chi connectivity index (χ0v) is 31.5. The Morgan fingerprint density at radius 1 is 0.429 bits per heavy atom. The maximum atomic E-state index is 6.87. The van der Waals surface area contributed by atoms with Crippen molar-refractivity contribution in [2.45, 2.75) is 76.0 Å². The predicted octanol–water partition coefficient (Wildman–Crippen LogP) is 15.2. The smallest absolute Gasteiger partial charge is 0.142 e. The molecule has 0 spiro atoms. The maximum Gasteiger partial charge on any atom is 0.142 e. The van der Waals surface area contributed by atoms with Crippen molar-refractivity contribution in [2.75, 3.05) is 0 Å². The first kappa shape index (κ1) is 32.3. The lowest BCUT2D eigenvalue weighted by molar-refractivity contribution is 0.440. The van der Waals surface area contributed by atoms with E-state index < -0.39 is 0 Å². The molecule has 0 amide bonds. The minimum Gasteiger partial charge on any atom is -0.456 e. The van der Waals surface area contributed by atoms with E-state index in [4.69, 9.17) is 18.8 Å². The Hall–Kier alpha value is -6.00. The quantitative estimate of drug-likeness (QED) is 0.169. The van der Waals surface area contributed by atoms with Crippen LogP contribution in [0.3, 0.4) is 0 Å². The van der Waals surface area contributed by atoms with Gasteiger partial charge in [-0.1, -0.05) is 117 Å². The van der Waals surface area contributed by atoms with Crippen molar-refractivity contribution in [1.82, 2.24) is 9.97 Å². The molecule has 56 heavy (non-hydrogen) atoms. The fourth-order valence-electron chi connectivity index (χ4n) is 10.4. The third-order valence-corrected chi connectivity index (χ3v) is 13.3. The van der Waals surface area contributed by atoms with Crippen molar-refractivity contribution in [3.05, 3.63) is 133 Å². The van der Waals surface area contributed by atoms with Crippen LogP contribution in [0.2, 0.25) is 0 Å². The fraction of sp³-hybridized carbons (Fsp3) is 0.231. The summed E-state index contributed by atoms with van der Waals surface area (Å²) in [5, 5.41) is 9.49. The molecule has 2 aliphatic carbocycles. The summed E-state index contributed by atoms with van der Waals surface area (Å²) < 4.78 is 13.7. The predicted molar refractivity (Wildman–Crippen MR) is 232 cm³/mol. The van der Waals surface area contributed by atoms with Crippen molar-refractivity contribution in [3.8, 4) is 22.4 Å². The van der Waals surface area contributed by atoms with E-state index in [0.29, 0.717) is 11.8 Å². The molecule has 0 bridgehead atoms. The van der Waals surface area contributed by atoms with Gasteiger partial charge in [0.25, 0.3) is 0 Å². The Bertz CT molecular complexity index is 3140.